The first-order chi connectivity index (χ1) is 7.41. The second kappa shape index (κ2) is 13.2. The molecular weight excluding hydrogens is 184 g/mol. The molecular formula is C14H24O. The largest absolute Gasteiger partial charge is 0.303 e. The van der Waals surface area contributed by atoms with E-state index in [1.807, 2.05) is 0 Å². The number of hydrogen-bond donors (Lipinski definition) is 0. The molecule has 15 heavy (non-hydrogen) atoms. The van der Waals surface area contributed by atoms with Gasteiger partial charge in [-0.15, -0.1) is 0 Å². The van der Waals surface area contributed by atoms with Gasteiger partial charge in [-0.3, -0.25) is 0 Å². The molecule has 0 rings (SSSR count). The molecule has 0 aromatic rings. The van der Waals surface area contributed by atoms with Crippen LogP contribution in [0.15, 0.2) is 24.3 Å². The van der Waals surface area contributed by atoms with E-state index in [0.29, 0.717) is 6.42 Å². The first-order valence-electron chi connectivity index (χ1n) is 6.15. The Hall–Kier alpha value is -0.850. The summed E-state index contributed by atoms with van der Waals surface area (Å²) in [6.07, 6.45) is 18.8. The fourth-order valence-electron chi connectivity index (χ4n) is 1.31. The van der Waals surface area contributed by atoms with Crippen LogP contribution in [0.25, 0.3) is 0 Å². The van der Waals surface area contributed by atoms with E-state index in [0.717, 1.165) is 19.1 Å². The second-order valence-corrected chi connectivity index (χ2v) is 3.76. The Balaban J connectivity index is 3.13. The van der Waals surface area contributed by atoms with E-state index in [9.17, 15) is 4.79 Å². The minimum absolute atomic E-state index is 0.660. The summed E-state index contributed by atoms with van der Waals surface area (Å²) in [5.74, 6) is 0. The van der Waals surface area contributed by atoms with Gasteiger partial charge in [-0.25, -0.2) is 0 Å². The minimum atomic E-state index is 0.660. The van der Waals surface area contributed by atoms with E-state index in [2.05, 4.69) is 31.2 Å². The van der Waals surface area contributed by atoms with Gasteiger partial charge in [0, 0.05) is 6.42 Å². The van der Waals surface area contributed by atoms with Gasteiger partial charge in [-0.05, 0) is 32.1 Å². The Kier molecular flexibility index (Phi) is 12.4. The molecule has 0 aliphatic carbocycles. The van der Waals surface area contributed by atoms with Crippen molar-refractivity contribution in [1.29, 1.82) is 0 Å². The maximum absolute atomic E-state index is 10.0. The maximum atomic E-state index is 10.0. The monoisotopic (exact) mass is 208 g/mol. The van der Waals surface area contributed by atoms with Crippen molar-refractivity contribution in [3.05, 3.63) is 24.3 Å². The Morgan fingerprint density at radius 2 is 1.27 bits per heavy atom. The number of hydrogen-bond acceptors (Lipinski definition) is 1. The summed E-state index contributed by atoms with van der Waals surface area (Å²) < 4.78 is 0. The number of unbranched alkanes of at least 4 members (excludes halogenated alkanes) is 5. The zero-order valence-electron chi connectivity index (χ0n) is 9.95. The molecule has 0 unspecified atom stereocenters. The smallest absolute Gasteiger partial charge is 0.120 e. The van der Waals surface area contributed by atoms with Gasteiger partial charge in [0.1, 0.15) is 6.29 Å². The number of allylic oxidation sites excluding steroid dienone is 4. The van der Waals surface area contributed by atoms with Crippen molar-refractivity contribution in [2.24, 2.45) is 0 Å². The van der Waals surface area contributed by atoms with E-state index in [1.54, 1.807) is 0 Å². The lowest BCUT2D eigenvalue weighted by Gasteiger charge is -1.91. The van der Waals surface area contributed by atoms with E-state index in [4.69, 9.17) is 0 Å². The van der Waals surface area contributed by atoms with E-state index >= 15 is 0 Å². The summed E-state index contributed by atoms with van der Waals surface area (Å²) in [5.41, 5.74) is 0. The van der Waals surface area contributed by atoms with Crippen LogP contribution in [0.1, 0.15) is 58.3 Å². The SMILES string of the molecule is CCCC/C=C\CCC/C=C\CCC=O. The molecule has 0 saturated carbocycles. The van der Waals surface area contributed by atoms with E-state index < -0.39 is 0 Å². The van der Waals surface area contributed by atoms with Gasteiger partial charge in [0.05, 0.1) is 0 Å². The van der Waals surface area contributed by atoms with Crippen molar-refractivity contribution in [2.45, 2.75) is 58.3 Å². The fraction of sp³-hybridized carbons (Fsp3) is 0.643. The van der Waals surface area contributed by atoms with Gasteiger partial charge in [0.15, 0.2) is 0 Å². The van der Waals surface area contributed by atoms with Gasteiger partial charge in [-0.1, -0.05) is 44.1 Å². The standard InChI is InChI=1S/C14H24O/c1-2-3-4-5-6-7-8-9-10-11-12-13-14-15/h5-6,10-11,14H,2-4,7-9,12-13H2,1H3/b6-5-,11-10-. The highest BCUT2D eigenvalue weighted by Gasteiger charge is 1.82. The van der Waals surface area contributed by atoms with Crippen molar-refractivity contribution in [1.82, 2.24) is 0 Å². The molecule has 0 aromatic heterocycles. The second-order valence-electron chi connectivity index (χ2n) is 3.76. The average Bonchev–Trinajstić information content (AvgIpc) is 2.26. The molecule has 0 bridgehead atoms. The summed E-state index contributed by atoms with van der Waals surface area (Å²) >= 11 is 0. The highest BCUT2D eigenvalue weighted by Crippen LogP contribution is 2.01. The zero-order chi connectivity index (χ0) is 11.2. The highest BCUT2D eigenvalue weighted by atomic mass is 16.1. The van der Waals surface area contributed by atoms with Crippen molar-refractivity contribution in [3.8, 4) is 0 Å². The van der Waals surface area contributed by atoms with Gasteiger partial charge >= 0.3 is 0 Å². The molecule has 0 radical (unpaired) electrons. The minimum Gasteiger partial charge on any atom is -0.303 e. The molecule has 0 N–H and O–H groups in total. The van der Waals surface area contributed by atoms with Gasteiger partial charge in [-0.2, -0.15) is 0 Å². The van der Waals surface area contributed by atoms with Crippen molar-refractivity contribution in [3.63, 3.8) is 0 Å². The lowest BCUT2D eigenvalue weighted by atomic mass is 10.2. The molecule has 0 aliphatic rings. The molecule has 0 aromatic carbocycles. The third kappa shape index (κ3) is 13.2. The van der Waals surface area contributed by atoms with E-state index in [-0.39, 0.29) is 0 Å². The van der Waals surface area contributed by atoms with Crippen LogP contribution >= 0.6 is 0 Å². The Morgan fingerprint density at radius 1 is 0.733 bits per heavy atom. The average molecular weight is 208 g/mol. The van der Waals surface area contributed by atoms with Crippen LogP contribution in [0.2, 0.25) is 0 Å². The van der Waals surface area contributed by atoms with Gasteiger partial charge in [0.2, 0.25) is 0 Å². The van der Waals surface area contributed by atoms with Crippen LogP contribution in [0, 0.1) is 0 Å². The Morgan fingerprint density at radius 3 is 1.80 bits per heavy atom. The molecule has 1 heteroatoms. The normalized spacial score (nSPS) is 11.5. The molecule has 0 atom stereocenters. The van der Waals surface area contributed by atoms with Crippen LogP contribution in [0.4, 0.5) is 0 Å². The maximum Gasteiger partial charge on any atom is 0.120 e. The van der Waals surface area contributed by atoms with Crippen LogP contribution < -0.4 is 0 Å². The molecule has 0 heterocycles. The molecule has 0 amide bonds. The molecule has 1 nitrogen and oxygen atoms in total. The quantitative estimate of drug-likeness (QED) is 0.295. The zero-order valence-corrected chi connectivity index (χ0v) is 9.95. The third-order valence-electron chi connectivity index (χ3n) is 2.25. The Bertz CT molecular complexity index is 180. The van der Waals surface area contributed by atoms with Crippen LogP contribution in [-0.4, -0.2) is 6.29 Å². The summed E-state index contributed by atoms with van der Waals surface area (Å²) in [5, 5.41) is 0. The molecule has 86 valence electrons. The summed E-state index contributed by atoms with van der Waals surface area (Å²) in [7, 11) is 0. The first-order valence-corrected chi connectivity index (χ1v) is 6.15. The van der Waals surface area contributed by atoms with Gasteiger partial charge in [0.25, 0.3) is 0 Å². The first kappa shape index (κ1) is 14.2. The molecule has 0 fully saturated rings. The summed E-state index contributed by atoms with van der Waals surface area (Å²) in [4.78, 5) is 10.0. The van der Waals surface area contributed by atoms with Crippen LogP contribution in [0.5, 0.6) is 0 Å². The van der Waals surface area contributed by atoms with Crippen molar-refractivity contribution < 1.29 is 4.79 Å². The molecule has 0 saturated heterocycles. The number of carbonyl (C=O) groups excluding carboxylic acids is 1. The van der Waals surface area contributed by atoms with E-state index in [1.165, 1.54) is 32.1 Å². The Labute approximate surface area is 94.3 Å². The van der Waals surface area contributed by atoms with Crippen LogP contribution in [0.3, 0.4) is 0 Å². The van der Waals surface area contributed by atoms with Crippen molar-refractivity contribution >= 4 is 6.29 Å². The van der Waals surface area contributed by atoms with Crippen molar-refractivity contribution in [2.75, 3.05) is 0 Å². The lowest BCUT2D eigenvalue weighted by Crippen LogP contribution is -1.73. The fourth-order valence-corrected chi connectivity index (χ4v) is 1.31. The van der Waals surface area contributed by atoms with Crippen LogP contribution in [-0.2, 0) is 4.79 Å². The third-order valence-corrected chi connectivity index (χ3v) is 2.25. The number of carbonyl (C=O) groups is 1. The molecule has 0 aliphatic heterocycles. The summed E-state index contributed by atoms with van der Waals surface area (Å²) in [6.45, 7) is 2.22. The molecule has 0 spiro atoms. The predicted octanol–water partition coefficient (Wildman–Crippen LogP) is 4.44. The number of aldehydes is 1. The highest BCUT2D eigenvalue weighted by molar-refractivity contribution is 5.49. The van der Waals surface area contributed by atoms with Gasteiger partial charge < -0.3 is 4.79 Å². The summed E-state index contributed by atoms with van der Waals surface area (Å²) in [6, 6.07) is 0. The topological polar surface area (TPSA) is 17.1 Å². The predicted molar refractivity (Wildman–Crippen MR) is 67.0 cm³/mol. The number of rotatable bonds is 10. The lowest BCUT2D eigenvalue weighted by molar-refractivity contribution is -0.107.